The van der Waals surface area contributed by atoms with Crippen molar-refractivity contribution in [1.29, 1.82) is 0 Å². The zero-order chi connectivity index (χ0) is 23.6. The Bertz CT molecular complexity index is 992. The molecule has 0 radical (unpaired) electrons. The minimum absolute atomic E-state index is 0.102. The van der Waals surface area contributed by atoms with Crippen LogP contribution < -0.4 is 4.74 Å². The minimum Gasteiger partial charge on any atom is -0.480 e. The molecule has 2 aromatic carbocycles. The summed E-state index contributed by atoms with van der Waals surface area (Å²) in [6.07, 6.45) is 0.0714. The van der Waals surface area contributed by atoms with Crippen molar-refractivity contribution in [1.82, 2.24) is 0 Å². The third-order valence-corrected chi connectivity index (χ3v) is 6.69. The van der Waals surface area contributed by atoms with Crippen LogP contribution in [0.25, 0.3) is 0 Å². The Morgan fingerprint density at radius 2 is 2.00 bits per heavy atom. The molecule has 3 rings (SSSR count). The fourth-order valence-electron chi connectivity index (χ4n) is 4.38. The van der Waals surface area contributed by atoms with Gasteiger partial charge >= 0.3 is 5.97 Å². The number of carboxylic acid groups (broad SMARTS) is 1. The fourth-order valence-corrected chi connectivity index (χ4v) is 5.06. The summed E-state index contributed by atoms with van der Waals surface area (Å²) in [6.45, 7) is 9.75. The lowest BCUT2D eigenvalue weighted by Gasteiger charge is -2.44. The maximum absolute atomic E-state index is 14.4. The van der Waals surface area contributed by atoms with Crippen molar-refractivity contribution in [3.8, 4) is 5.75 Å². The molecular weight excluding hydrogens is 499 g/mol. The summed E-state index contributed by atoms with van der Waals surface area (Å²) in [6, 6.07) is 10.4. The highest BCUT2D eigenvalue weighted by Crippen LogP contribution is 2.50. The molecule has 0 bridgehead atoms. The van der Waals surface area contributed by atoms with Crippen LogP contribution in [0.3, 0.4) is 0 Å². The van der Waals surface area contributed by atoms with Crippen LogP contribution in [0.4, 0.5) is 4.39 Å². The molecule has 0 amide bonds. The van der Waals surface area contributed by atoms with Crippen molar-refractivity contribution in [2.75, 3.05) is 6.61 Å². The summed E-state index contributed by atoms with van der Waals surface area (Å²) in [5, 5.41) is 9.76. The van der Waals surface area contributed by atoms with Crippen LogP contribution in [-0.2, 0) is 9.53 Å². The maximum Gasteiger partial charge on any atom is 0.341 e. The number of hydrogen-bond acceptors (Lipinski definition) is 3. The Hall–Kier alpha value is -1.89. The van der Waals surface area contributed by atoms with Gasteiger partial charge in [-0.2, -0.15) is 0 Å². The van der Waals surface area contributed by atoms with E-state index in [4.69, 9.17) is 26.2 Å². The van der Waals surface area contributed by atoms with Gasteiger partial charge in [-0.25, -0.2) is 9.18 Å². The van der Waals surface area contributed by atoms with E-state index >= 15 is 0 Å². The first-order valence-electron chi connectivity index (χ1n) is 10.5. The monoisotopic (exact) mass is 524 g/mol. The summed E-state index contributed by atoms with van der Waals surface area (Å²) in [7, 11) is 0. The van der Waals surface area contributed by atoms with Crippen molar-refractivity contribution in [3.05, 3.63) is 75.0 Å². The second-order valence-electron chi connectivity index (χ2n) is 8.60. The molecule has 1 N–H and O–H groups in total. The van der Waals surface area contributed by atoms with Crippen LogP contribution in [0.1, 0.15) is 50.3 Å². The Balaban J connectivity index is 2.06. The molecule has 1 saturated heterocycles. The van der Waals surface area contributed by atoms with Crippen LogP contribution in [0.5, 0.6) is 5.75 Å². The second kappa shape index (κ2) is 10.4. The third kappa shape index (κ3) is 5.53. The molecule has 0 spiro atoms. The van der Waals surface area contributed by atoms with Crippen LogP contribution >= 0.6 is 27.5 Å². The zero-order valence-electron chi connectivity index (χ0n) is 18.3. The van der Waals surface area contributed by atoms with E-state index in [2.05, 4.69) is 36.4 Å². The highest BCUT2D eigenvalue weighted by molar-refractivity contribution is 9.10. The normalized spacial score (nSPS) is 23.2. The molecule has 1 heterocycles. The Morgan fingerprint density at radius 3 is 2.56 bits per heavy atom. The van der Waals surface area contributed by atoms with Gasteiger partial charge < -0.3 is 14.6 Å². The predicted molar refractivity (Wildman–Crippen MR) is 127 cm³/mol. The van der Waals surface area contributed by atoms with E-state index in [-0.39, 0.29) is 29.6 Å². The van der Waals surface area contributed by atoms with Gasteiger partial charge in [-0.1, -0.05) is 49.7 Å². The highest BCUT2D eigenvalue weighted by Gasteiger charge is 2.42. The number of rotatable bonds is 7. The molecule has 7 heteroatoms. The van der Waals surface area contributed by atoms with Crippen molar-refractivity contribution in [2.45, 2.75) is 45.3 Å². The van der Waals surface area contributed by atoms with Crippen LogP contribution in [0.15, 0.2) is 53.0 Å². The van der Waals surface area contributed by atoms with E-state index in [1.807, 2.05) is 31.2 Å². The van der Waals surface area contributed by atoms with Crippen molar-refractivity contribution in [3.63, 3.8) is 0 Å². The Morgan fingerprint density at radius 1 is 1.34 bits per heavy atom. The number of aliphatic carboxylic acids is 1. The van der Waals surface area contributed by atoms with E-state index in [0.717, 1.165) is 17.6 Å². The summed E-state index contributed by atoms with van der Waals surface area (Å²) in [5.41, 5.74) is 2.51. The standard InChI is InChI=1S/C25H27BrClFO4/c1-13(2)18-11-19(15-5-7-16(27)8-6-15)23(14(3)4)32-24(18)20-9-17(28)10-21(26)25(20)31-12-22(29)30/h5-10,14,18-19,23-24H,1,11-12H2,2-4H3,(H,29,30)/t18-,19-,23+,24+/m0/s1. The Labute approximate surface area is 201 Å². The number of carboxylic acids is 1. The third-order valence-electron chi connectivity index (χ3n) is 5.85. The van der Waals surface area contributed by atoms with Crippen LogP contribution in [0.2, 0.25) is 5.02 Å². The average Bonchev–Trinajstić information content (AvgIpc) is 2.72. The van der Waals surface area contributed by atoms with Gasteiger partial charge in [-0.05, 0) is 65.0 Å². The molecular formula is C25H27BrClFO4. The molecule has 0 aromatic heterocycles. The lowest BCUT2D eigenvalue weighted by molar-refractivity contribution is -0.139. The zero-order valence-corrected chi connectivity index (χ0v) is 20.6. The molecule has 4 nitrogen and oxygen atoms in total. The molecule has 2 aromatic rings. The number of carbonyl (C=O) groups is 1. The summed E-state index contributed by atoms with van der Waals surface area (Å²) in [4.78, 5) is 11.1. The van der Waals surface area contributed by atoms with Crippen molar-refractivity contribution < 1.29 is 23.8 Å². The molecule has 1 fully saturated rings. The average molecular weight is 526 g/mol. The molecule has 32 heavy (non-hydrogen) atoms. The highest BCUT2D eigenvalue weighted by atomic mass is 79.9. The van der Waals surface area contributed by atoms with Gasteiger partial charge in [-0.15, -0.1) is 0 Å². The molecule has 1 aliphatic heterocycles. The molecule has 172 valence electrons. The van der Waals surface area contributed by atoms with Crippen molar-refractivity contribution >= 4 is 33.5 Å². The van der Waals surface area contributed by atoms with Gasteiger partial charge in [0.05, 0.1) is 16.7 Å². The first-order valence-corrected chi connectivity index (χ1v) is 11.7. The molecule has 0 aliphatic carbocycles. The van der Waals surface area contributed by atoms with Crippen molar-refractivity contribution in [2.24, 2.45) is 11.8 Å². The maximum atomic E-state index is 14.4. The largest absolute Gasteiger partial charge is 0.480 e. The molecule has 0 unspecified atom stereocenters. The van der Waals surface area contributed by atoms with Gasteiger partial charge in [0.2, 0.25) is 0 Å². The predicted octanol–water partition coefficient (Wildman–Crippen LogP) is 7.17. The minimum atomic E-state index is -1.11. The first-order chi connectivity index (χ1) is 15.1. The summed E-state index contributed by atoms with van der Waals surface area (Å²) in [5.74, 6) is -1.13. The van der Waals surface area contributed by atoms with Gasteiger partial charge in [0.1, 0.15) is 11.6 Å². The quantitative estimate of drug-likeness (QED) is 0.389. The second-order valence-corrected chi connectivity index (χ2v) is 9.89. The topological polar surface area (TPSA) is 55.8 Å². The first kappa shape index (κ1) is 24.7. The van der Waals surface area contributed by atoms with E-state index in [1.54, 1.807) is 0 Å². The van der Waals surface area contributed by atoms with E-state index in [9.17, 15) is 9.18 Å². The number of benzene rings is 2. The number of halogens is 3. The van der Waals surface area contributed by atoms with E-state index in [0.29, 0.717) is 15.1 Å². The number of ether oxygens (including phenoxy) is 2. The fraction of sp³-hybridized carbons (Fsp3) is 0.400. The van der Waals surface area contributed by atoms with Gasteiger partial charge in [-0.3, -0.25) is 0 Å². The molecule has 4 atom stereocenters. The lowest BCUT2D eigenvalue weighted by atomic mass is 9.73. The number of hydrogen-bond donors (Lipinski definition) is 1. The van der Waals surface area contributed by atoms with Crippen LogP contribution in [0, 0.1) is 17.7 Å². The van der Waals surface area contributed by atoms with Gasteiger partial charge in [0, 0.05) is 22.4 Å². The van der Waals surface area contributed by atoms with Gasteiger partial charge in [0.25, 0.3) is 0 Å². The smallest absolute Gasteiger partial charge is 0.341 e. The molecule has 1 aliphatic rings. The van der Waals surface area contributed by atoms with E-state index < -0.39 is 24.5 Å². The summed E-state index contributed by atoms with van der Waals surface area (Å²) < 4.78 is 27.0. The lowest BCUT2D eigenvalue weighted by Crippen LogP contribution is -2.39. The Kier molecular flexibility index (Phi) is 8.01. The SMILES string of the molecule is C=C(C)[C@@H]1C[C@@H](c2ccc(Cl)cc2)[C@@H](C(C)C)O[C@H]1c1cc(F)cc(Br)c1OCC(=O)O. The molecule has 0 saturated carbocycles. The van der Waals surface area contributed by atoms with Gasteiger partial charge in [0.15, 0.2) is 6.61 Å². The summed E-state index contributed by atoms with van der Waals surface area (Å²) >= 11 is 9.41. The van der Waals surface area contributed by atoms with Crippen LogP contribution in [-0.4, -0.2) is 23.8 Å². The van der Waals surface area contributed by atoms with E-state index in [1.165, 1.54) is 12.1 Å².